The maximum absolute atomic E-state index is 14.2. The summed E-state index contributed by atoms with van der Waals surface area (Å²) >= 11 is 0. The number of carbonyl (C=O) groups is 6. The Morgan fingerprint density at radius 3 is 2.52 bits per heavy atom. The van der Waals surface area contributed by atoms with Crippen LogP contribution >= 0.6 is 0 Å². The molecule has 0 spiro atoms. The molecule has 0 radical (unpaired) electrons. The Kier molecular flexibility index (Phi) is 13.4. The fourth-order valence-electron chi connectivity index (χ4n) is 5.44. The van der Waals surface area contributed by atoms with E-state index in [1.165, 1.54) is 39.1 Å². The van der Waals surface area contributed by atoms with E-state index in [0.717, 1.165) is 10.7 Å². The lowest BCUT2D eigenvalue weighted by molar-refractivity contribution is -0.157. The third-order valence-corrected chi connectivity index (χ3v) is 7.84. The van der Waals surface area contributed by atoms with E-state index in [2.05, 4.69) is 15.7 Å². The standard InChI is InChI=1S/C31H39F2N7O10/c1-2-48-31(47)50-38-15-13-37(14-16-38)30(46)22(8-9-27(42)43)35-28(44)23-18-26(40(36-23)21-6-3-5-20(33)17-21)49-19-25(41)39-12-4-7-24(39)29(45)34-11-10-32/h3,5-6,17-18,22,24H,2,4,7-16,19H2,1H3,(H,34,45)(H,35,44)(H,42,43)/t22-,24-/m0/s1. The molecular weight excluding hydrogens is 668 g/mol. The van der Waals surface area contributed by atoms with Gasteiger partial charge in [-0.2, -0.15) is 5.10 Å². The van der Waals surface area contributed by atoms with Crippen LogP contribution in [-0.2, 0) is 28.8 Å². The predicted octanol–water partition coefficient (Wildman–Crippen LogP) is 0.662. The van der Waals surface area contributed by atoms with E-state index < -0.39 is 73.4 Å². The van der Waals surface area contributed by atoms with Gasteiger partial charge in [0.05, 0.1) is 25.4 Å². The van der Waals surface area contributed by atoms with Crippen LogP contribution in [0, 0.1) is 5.82 Å². The molecule has 1 aromatic heterocycles. The molecule has 272 valence electrons. The van der Waals surface area contributed by atoms with Gasteiger partial charge in [-0.25, -0.2) is 18.3 Å². The van der Waals surface area contributed by atoms with Crippen molar-refractivity contribution in [2.75, 3.05) is 59.2 Å². The second-order valence-corrected chi connectivity index (χ2v) is 11.3. The van der Waals surface area contributed by atoms with Crippen molar-refractivity contribution in [1.29, 1.82) is 0 Å². The van der Waals surface area contributed by atoms with Crippen molar-refractivity contribution in [1.82, 2.24) is 35.3 Å². The van der Waals surface area contributed by atoms with Crippen LogP contribution in [0.4, 0.5) is 13.6 Å². The number of likely N-dealkylation sites (tertiary alicyclic amines) is 1. The summed E-state index contributed by atoms with van der Waals surface area (Å²) in [4.78, 5) is 83.3. The fourth-order valence-corrected chi connectivity index (χ4v) is 5.44. The minimum Gasteiger partial charge on any atom is -0.481 e. The third kappa shape index (κ3) is 10.1. The monoisotopic (exact) mass is 707 g/mol. The number of benzene rings is 1. The van der Waals surface area contributed by atoms with Crippen LogP contribution in [0.25, 0.3) is 5.69 Å². The maximum Gasteiger partial charge on any atom is 0.527 e. The number of amides is 4. The molecule has 2 aromatic rings. The van der Waals surface area contributed by atoms with Gasteiger partial charge in [-0.3, -0.25) is 24.0 Å². The normalized spacial score (nSPS) is 16.7. The van der Waals surface area contributed by atoms with E-state index in [-0.39, 0.29) is 69.6 Å². The van der Waals surface area contributed by atoms with Gasteiger partial charge < -0.3 is 39.9 Å². The first-order valence-corrected chi connectivity index (χ1v) is 16.0. The zero-order valence-corrected chi connectivity index (χ0v) is 27.3. The fraction of sp³-hybridized carbons (Fsp3) is 0.516. The van der Waals surface area contributed by atoms with Gasteiger partial charge in [-0.1, -0.05) is 6.07 Å². The Balaban J connectivity index is 1.49. The average molecular weight is 708 g/mol. The van der Waals surface area contributed by atoms with Crippen molar-refractivity contribution in [3.63, 3.8) is 0 Å². The number of hydrogen-bond acceptors (Lipinski definition) is 11. The van der Waals surface area contributed by atoms with E-state index in [1.807, 2.05) is 0 Å². The Bertz CT molecular complexity index is 1550. The zero-order chi connectivity index (χ0) is 36.2. The van der Waals surface area contributed by atoms with Crippen LogP contribution in [0.3, 0.4) is 0 Å². The summed E-state index contributed by atoms with van der Waals surface area (Å²) in [5.74, 6) is -4.47. The lowest BCUT2D eigenvalue weighted by atomic mass is 10.1. The summed E-state index contributed by atoms with van der Waals surface area (Å²) in [5.41, 5.74) is -0.153. The molecule has 2 atom stereocenters. The Morgan fingerprint density at radius 2 is 1.84 bits per heavy atom. The summed E-state index contributed by atoms with van der Waals surface area (Å²) in [6.07, 6.45) is -0.655. The van der Waals surface area contributed by atoms with E-state index in [9.17, 15) is 42.7 Å². The average Bonchev–Trinajstić information content (AvgIpc) is 3.76. The number of nitrogens with zero attached hydrogens (tertiary/aromatic N) is 5. The molecule has 3 N–H and O–H groups in total. The number of carboxylic acids is 1. The first kappa shape index (κ1) is 37.5. The minimum atomic E-state index is -1.28. The maximum atomic E-state index is 14.2. The van der Waals surface area contributed by atoms with Crippen LogP contribution in [0.2, 0.25) is 0 Å². The number of carbonyl (C=O) groups excluding carboxylic acids is 5. The molecule has 0 unspecified atom stereocenters. The third-order valence-electron chi connectivity index (χ3n) is 7.84. The number of rotatable bonds is 15. The van der Waals surface area contributed by atoms with Crippen molar-refractivity contribution in [3.05, 3.63) is 41.8 Å². The van der Waals surface area contributed by atoms with Crippen molar-refractivity contribution in [3.8, 4) is 11.6 Å². The van der Waals surface area contributed by atoms with Crippen LogP contribution in [0.1, 0.15) is 43.1 Å². The number of halogens is 2. The Hall–Kier alpha value is -5.33. The summed E-state index contributed by atoms with van der Waals surface area (Å²) in [5, 5.41) is 19.8. The number of aromatic nitrogens is 2. The lowest BCUT2D eigenvalue weighted by Gasteiger charge is -2.35. The zero-order valence-electron chi connectivity index (χ0n) is 27.3. The van der Waals surface area contributed by atoms with Crippen molar-refractivity contribution < 1.29 is 57.0 Å². The van der Waals surface area contributed by atoms with Crippen molar-refractivity contribution in [2.45, 2.75) is 44.7 Å². The highest BCUT2D eigenvalue weighted by atomic mass is 19.1. The minimum absolute atomic E-state index is 0.104. The number of alkyl halides is 1. The van der Waals surface area contributed by atoms with Gasteiger partial charge in [0.15, 0.2) is 12.3 Å². The van der Waals surface area contributed by atoms with Crippen LogP contribution < -0.4 is 15.4 Å². The van der Waals surface area contributed by atoms with Crippen LogP contribution in [0.15, 0.2) is 30.3 Å². The summed E-state index contributed by atoms with van der Waals surface area (Å²) in [6, 6.07) is 4.25. The highest BCUT2D eigenvalue weighted by Gasteiger charge is 2.35. The number of ether oxygens (including phenoxy) is 2. The Morgan fingerprint density at radius 1 is 1.08 bits per heavy atom. The number of carboxylic acid groups (broad SMARTS) is 1. The first-order valence-electron chi connectivity index (χ1n) is 16.0. The van der Waals surface area contributed by atoms with E-state index in [4.69, 9.17) is 14.3 Å². The Labute approximate surface area is 285 Å². The second kappa shape index (κ2) is 17.9. The topological polar surface area (TPSA) is 202 Å². The second-order valence-electron chi connectivity index (χ2n) is 11.3. The number of nitrogens with one attached hydrogen (secondary N) is 2. The molecule has 0 saturated carbocycles. The molecule has 17 nitrogen and oxygen atoms in total. The van der Waals surface area contributed by atoms with E-state index in [1.54, 1.807) is 6.92 Å². The van der Waals surface area contributed by atoms with Gasteiger partial charge >= 0.3 is 12.1 Å². The molecule has 3 heterocycles. The molecular formula is C31H39F2N7O10. The van der Waals surface area contributed by atoms with Crippen LogP contribution in [-0.4, -0.2) is 137 Å². The molecule has 4 amide bonds. The largest absolute Gasteiger partial charge is 0.527 e. The molecule has 50 heavy (non-hydrogen) atoms. The van der Waals surface area contributed by atoms with Gasteiger partial charge in [0.2, 0.25) is 17.7 Å². The molecule has 0 bridgehead atoms. The smallest absolute Gasteiger partial charge is 0.481 e. The molecule has 4 rings (SSSR count). The number of piperazine rings is 1. The van der Waals surface area contributed by atoms with Gasteiger partial charge in [0.1, 0.15) is 24.6 Å². The molecule has 19 heteroatoms. The molecule has 1 aromatic carbocycles. The molecule has 2 aliphatic heterocycles. The molecule has 2 saturated heterocycles. The van der Waals surface area contributed by atoms with Gasteiger partial charge in [0, 0.05) is 38.7 Å². The first-order chi connectivity index (χ1) is 24.0. The van der Waals surface area contributed by atoms with E-state index >= 15 is 0 Å². The summed E-state index contributed by atoms with van der Waals surface area (Å²) in [7, 11) is 0. The van der Waals surface area contributed by atoms with Crippen molar-refractivity contribution >= 4 is 35.8 Å². The molecule has 0 aliphatic carbocycles. The highest BCUT2D eigenvalue weighted by Crippen LogP contribution is 2.23. The van der Waals surface area contributed by atoms with Gasteiger partial charge in [-0.05, 0) is 44.4 Å². The molecule has 2 fully saturated rings. The summed E-state index contributed by atoms with van der Waals surface area (Å²) < 4.78 is 38.3. The van der Waals surface area contributed by atoms with Crippen LogP contribution in [0.5, 0.6) is 5.88 Å². The number of aliphatic carboxylic acids is 1. The SMILES string of the molecule is CCOC(=O)ON1CCN(C(=O)[C@H](CCC(=O)O)NC(=O)c2cc(OCC(=O)N3CCC[C@H]3C(=O)NCCF)n(-c3cccc(F)c3)n2)CC1. The number of hydroxylamine groups is 2. The quantitative estimate of drug-likeness (QED) is 0.219. The summed E-state index contributed by atoms with van der Waals surface area (Å²) in [6.45, 7) is 0.983. The highest BCUT2D eigenvalue weighted by molar-refractivity contribution is 5.96. The predicted molar refractivity (Wildman–Crippen MR) is 167 cm³/mol. The van der Waals surface area contributed by atoms with Crippen molar-refractivity contribution in [2.24, 2.45) is 0 Å². The lowest BCUT2D eigenvalue weighted by Crippen LogP contribution is -2.55. The number of hydrogen-bond donors (Lipinski definition) is 3. The molecule has 2 aliphatic rings. The van der Waals surface area contributed by atoms with E-state index in [0.29, 0.717) is 12.8 Å². The van der Waals surface area contributed by atoms with Gasteiger partial charge in [-0.15, -0.1) is 5.06 Å². The van der Waals surface area contributed by atoms with Gasteiger partial charge in [0.25, 0.3) is 11.8 Å².